The molecule has 0 radical (unpaired) electrons. The van der Waals surface area contributed by atoms with E-state index >= 15 is 0 Å². The fourth-order valence-electron chi connectivity index (χ4n) is 1.83. The van der Waals surface area contributed by atoms with E-state index in [1.54, 1.807) is 23.5 Å². The van der Waals surface area contributed by atoms with Gasteiger partial charge in [0.1, 0.15) is 5.82 Å². The van der Waals surface area contributed by atoms with Crippen LogP contribution in [0.5, 0.6) is 0 Å². The van der Waals surface area contributed by atoms with E-state index in [4.69, 9.17) is 5.84 Å². The molecule has 3 N–H and O–H groups in total. The molecule has 96 valence electrons. The van der Waals surface area contributed by atoms with Crippen LogP contribution >= 0.6 is 27.3 Å². The van der Waals surface area contributed by atoms with Crippen molar-refractivity contribution in [3.05, 3.63) is 56.4 Å². The van der Waals surface area contributed by atoms with Crippen LogP contribution < -0.4 is 11.3 Å². The molecule has 2 aromatic rings. The number of hydrazine groups is 1. The first-order chi connectivity index (χ1) is 8.69. The summed E-state index contributed by atoms with van der Waals surface area (Å²) in [6.07, 6.45) is 1.37. The summed E-state index contributed by atoms with van der Waals surface area (Å²) in [6.45, 7) is 0. The predicted molar refractivity (Wildman–Crippen MR) is 76.9 cm³/mol. The lowest BCUT2D eigenvalue weighted by Crippen LogP contribution is -2.38. The van der Waals surface area contributed by atoms with Crippen molar-refractivity contribution in [2.75, 3.05) is 0 Å². The van der Waals surface area contributed by atoms with Crippen molar-refractivity contribution in [1.29, 1.82) is 0 Å². The van der Waals surface area contributed by atoms with Crippen LogP contribution in [0.4, 0.5) is 4.39 Å². The van der Waals surface area contributed by atoms with Gasteiger partial charge in [-0.25, -0.2) is 4.39 Å². The Bertz CT molecular complexity index is 502. The average Bonchev–Trinajstić information content (AvgIpc) is 2.85. The van der Waals surface area contributed by atoms with Crippen LogP contribution in [0.3, 0.4) is 0 Å². The van der Waals surface area contributed by atoms with Crippen molar-refractivity contribution < 1.29 is 4.39 Å². The van der Waals surface area contributed by atoms with Gasteiger partial charge < -0.3 is 0 Å². The number of hydrogen-bond acceptors (Lipinski definition) is 3. The van der Waals surface area contributed by atoms with Gasteiger partial charge in [-0.2, -0.15) is 0 Å². The molecule has 0 spiro atoms. The Kier molecular flexibility index (Phi) is 4.88. The Morgan fingerprint density at radius 3 is 2.83 bits per heavy atom. The topological polar surface area (TPSA) is 38.0 Å². The molecule has 1 heterocycles. The number of nitrogens with one attached hydrogen (secondary N) is 1. The van der Waals surface area contributed by atoms with E-state index < -0.39 is 0 Å². The molecule has 2 rings (SSSR count). The van der Waals surface area contributed by atoms with Crippen molar-refractivity contribution in [2.45, 2.75) is 18.9 Å². The molecule has 0 bridgehead atoms. The summed E-state index contributed by atoms with van der Waals surface area (Å²) >= 11 is 5.04. The van der Waals surface area contributed by atoms with Gasteiger partial charge in [0, 0.05) is 15.4 Å². The molecule has 2 nitrogen and oxygen atoms in total. The van der Waals surface area contributed by atoms with Crippen LogP contribution in [0, 0.1) is 5.82 Å². The molecule has 1 unspecified atom stereocenters. The molecule has 5 heteroatoms. The van der Waals surface area contributed by atoms with Gasteiger partial charge in [-0.15, -0.1) is 11.3 Å². The van der Waals surface area contributed by atoms with Gasteiger partial charge in [0.25, 0.3) is 0 Å². The molecule has 1 aromatic carbocycles. The molecule has 0 amide bonds. The van der Waals surface area contributed by atoms with E-state index in [0.29, 0.717) is 12.0 Å². The zero-order valence-electron chi connectivity index (χ0n) is 9.70. The molecule has 1 aromatic heterocycles. The fourth-order valence-corrected chi connectivity index (χ4v) is 3.02. The van der Waals surface area contributed by atoms with Gasteiger partial charge >= 0.3 is 0 Å². The van der Waals surface area contributed by atoms with Crippen LogP contribution in [0.2, 0.25) is 0 Å². The van der Waals surface area contributed by atoms with E-state index in [2.05, 4.69) is 27.4 Å². The van der Waals surface area contributed by atoms with E-state index in [1.807, 2.05) is 11.4 Å². The lowest BCUT2D eigenvalue weighted by molar-refractivity contribution is 0.509. The van der Waals surface area contributed by atoms with E-state index in [1.165, 1.54) is 10.9 Å². The van der Waals surface area contributed by atoms with Gasteiger partial charge in [0.2, 0.25) is 0 Å². The fraction of sp³-hybridized carbons (Fsp3) is 0.231. The number of rotatable bonds is 5. The molecule has 0 saturated carbocycles. The maximum absolute atomic E-state index is 13.7. The zero-order valence-corrected chi connectivity index (χ0v) is 12.1. The van der Waals surface area contributed by atoms with Crippen LogP contribution in [0.1, 0.15) is 10.4 Å². The largest absolute Gasteiger partial charge is 0.271 e. The van der Waals surface area contributed by atoms with Crippen molar-refractivity contribution in [3.8, 4) is 0 Å². The summed E-state index contributed by atoms with van der Waals surface area (Å²) in [5.41, 5.74) is 3.43. The predicted octanol–water partition coefficient (Wildman–Crippen LogP) is 3.27. The quantitative estimate of drug-likeness (QED) is 0.653. The molecule has 0 aliphatic rings. The zero-order chi connectivity index (χ0) is 13.0. The maximum Gasteiger partial charge on any atom is 0.126 e. The molecular formula is C13H14BrFN2S. The Morgan fingerprint density at radius 1 is 1.33 bits per heavy atom. The second-order valence-electron chi connectivity index (χ2n) is 4.09. The molecule has 0 aliphatic heterocycles. The molecule has 18 heavy (non-hydrogen) atoms. The van der Waals surface area contributed by atoms with Crippen molar-refractivity contribution in [1.82, 2.24) is 5.43 Å². The normalized spacial score (nSPS) is 12.6. The van der Waals surface area contributed by atoms with E-state index in [9.17, 15) is 4.39 Å². The summed E-state index contributed by atoms with van der Waals surface area (Å²) in [5, 5.41) is 2.03. The third-order valence-electron chi connectivity index (χ3n) is 2.74. The number of benzene rings is 1. The SMILES string of the molecule is NNC(Cc1cccs1)Cc1cc(Br)ccc1F. The number of halogens is 2. The van der Waals surface area contributed by atoms with Crippen molar-refractivity contribution in [2.24, 2.45) is 5.84 Å². The highest BCUT2D eigenvalue weighted by molar-refractivity contribution is 9.10. The van der Waals surface area contributed by atoms with E-state index in [-0.39, 0.29) is 11.9 Å². The summed E-state index contributed by atoms with van der Waals surface area (Å²) in [4.78, 5) is 1.24. The molecule has 1 atom stereocenters. The minimum atomic E-state index is -0.190. The first-order valence-corrected chi connectivity index (χ1v) is 7.28. The first-order valence-electron chi connectivity index (χ1n) is 5.61. The lowest BCUT2D eigenvalue weighted by Gasteiger charge is -2.15. The number of nitrogens with two attached hydrogens (primary N) is 1. The Morgan fingerprint density at radius 2 is 2.17 bits per heavy atom. The molecule has 0 aliphatic carbocycles. The number of thiophene rings is 1. The summed E-state index contributed by atoms with van der Waals surface area (Å²) in [7, 11) is 0. The second-order valence-corrected chi connectivity index (χ2v) is 6.03. The third kappa shape index (κ3) is 3.62. The highest BCUT2D eigenvalue weighted by atomic mass is 79.9. The number of hydrogen-bond donors (Lipinski definition) is 2. The highest BCUT2D eigenvalue weighted by Crippen LogP contribution is 2.19. The second kappa shape index (κ2) is 6.43. The van der Waals surface area contributed by atoms with Gasteiger partial charge in [0.15, 0.2) is 0 Å². The van der Waals surface area contributed by atoms with Crippen LogP contribution in [0.15, 0.2) is 40.2 Å². The molecule has 0 fully saturated rings. The summed E-state index contributed by atoms with van der Waals surface area (Å²) in [6, 6.07) is 9.07. The molecule has 0 saturated heterocycles. The minimum absolute atomic E-state index is 0.0347. The monoisotopic (exact) mass is 328 g/mol. The van der Waals surface area contributed by atoms with Crippen LogP contribution in [-0.4, -0.2) is 6.04 Å². The minimum Gasteiger partial charge on any atom is -0.271 e. The lowest BCUT2D eigenvalue weighted by atomic mass is 10.0. The van der Waals surface area contributed by atoms with Crippen LogP contribution in [0.25, 0.3) is 0 Å². The standard InChI is InChI=1S/C13H14BrFN2S/c14-10-3-4-13(15)9(6-10)7-11(17-16)8-12-2-1-5-18-12/h1-6,11,17H,7-8,16H2. The first kappa shape index (κ1) is 13.7. The Labute approximate surface area is 118 Å². The maximum atomic E-state index is 13.7. The smallest absolute Gasteiger partial charge is 0.126 e. The van der Waals surface area contributed by atoms with Gasteiger partial charge in [-0.3, -0.25) is 11.3 Å². The van der Waals surface area contributed by atoms with Crippen molar-refractivity contribution >= 4 is 27.3 Å². The highest BCUT2D eigenvalue weighted by Gasteiger charge is 2.12. The Hall–Kier alpha value is -0.750. The summed E-state index contributed by atoms with van der Waals surface area (Å²) in [5.74, 6) is 5.36. The van der Waals surface area contributed by atoms with E-state index in [0.717, 1.165) is 10.9 Å². The van der Waals surface area contributed by atoms with Gasteiger partial charge in [-0.05, 0) is 48.1 Å². The van der Waals surface area contributed by atoms with Crippen LogP contribution in [-0.2, 0) is 12.8 Å². The Balaban J connectivity index is 2.07. The third-order valence-corrected chi connectivity index (χ3v) is 4.13. The molecular weight excluding hydrogens is 315 g/mol. The van der Waals surface area contributed by atoms with Gasteiger partial charge in [0.05, 0.1) is 0 Å². The van der Waals surface area contributed by atoms with Crippen molar-refractivity contribution in [3.63, 3.8) is 0 Å². The summed E-state index contributed by atoms with van der Waals surface area (Å²) < 4.78 is 14.5. The average molecular weight is 329 g/mol. The van der Waals surface area contributed by atoms with Gasteiger partial charge in [-0.1, -0.05) is 22.0 Å².